The molecular formula is C11H16N2O3. The van der Waals surface area contributed by atoms with E-state index in [9.17, 15) is 0 Å². The second-order valence-electron chi connectivity index (χ2n) is 3.03. The van der Waals surface area contributed by atoms with Crippen LogP contribution in [0.15, 0.2) is 29.4 Å². The average Bonchev–Trinajstić information content (AvgIpc) is 2.34. The molecule has 5 heteroatoms. The lowest BCUT2D eigenvalue weighted by molar-refractivity contribution is 0.110. The van der Waals surface area contributed by atoms with Crippen molar-refractivity contribution < 1.29 is 14.7 Å². The lowest BCUT2D eigenvalue weighted by Crippen LogP contribution is -2.16. The van der Waals surface area contributed by atoms with Crippen molar-refractivity contribution in [2.45, 2.75) is 6.92 Å². The summed E-state index contributed by atoms with van der Waals surface area (Å²) in [6, 6.07) is 7.11. The van der Waals surface area contributed by atoms with Crippen LogP contribution in [0, 0.1) is 0 Å². The lowest BCUT2D eigenvalue weighted by Gasteiger charge is -2.10. The largest absolute Gasteiger partial charge is 0.490 e. The fourth-order valence-electron chi connectivity index (χ4n) is 1.21. The van der Waals surface area contributed by atoms with Gasteiger partial charge in [0.1, 0.15) is 12.4 Å². The monoisotopic (exact) mass is 224 g/mol. The number of ether oxygens (including phenoxy) is 2. The van der Waals surface area contributed by atoms with E-state index in [4.69, 9.17) is 20.4 Å². The minimum Gasteiger partial charge on any atom is -0.490 e. The van der Waals surface area contributed by atoms with Crippen molar-refractivity contribution in [2.75, 3.05) is 19.8 Å². The van der Waals surface area contributed by atoms with Crippen LogP contribution in [0.4, 0.5) is 0 Å². The minimum absolute atomic E-state index is 0.0343. The fraction of sp³-hybridized carbons (Fsp3) is 0.364. The molecule has 0 aliphatic heterocycles. The molecule has 0 spiro atoms. The molecule has 0 saturated heterocycles. The zero-order chi connectivity index (χ0) is 11.8. The Morgan fingerprint density at radius 3 is 2.81 bits per heavy atom. The van der Waals surface area contributed by atoms with Gasteiger partial charge in [-0.2, -0.15) is 0 Å². The number of rotatable bonds is 6. The molecule has 0 fully saturated rings. The highest BCUT2D eigenvalue weighted by Gasteiger charge is 2.06. The highest BCUT2D eigenvalue weighted by Crippen LogP contribution is 2.17. The topological polar surface area (TPSA) is 77.1 Å². The van der Waals surface area contributed by atoms with Crippen LogP contribution < -0.4 is 10.5 Å². The Bertz CT molecular complexity index is 353. The third-order valence-corrected chi connectivity index (χ3v) is 1.96. The van der Waals surface area contributed by atoms with Gasteiger partial charge in [-0.3, -0.25) is 0 Å². The van der Waals surface area contributed by atoms with Crippen molar-refractivity contribution in [3.05, 3.63) is 29.8 Å². The van der Waals surface area contributed by atoms with E-state index in [0.717, 1.165) is 0 Å². The number of amidine groups is 1. The van der Waals surface area contributed by atoms with Crippen molar-refractivity contribution in [3.63, 3.8) is 0 Å². The molecule has 88 valence electrons. The maximum Gasteiger partial charge on any atom is 0.173 e. The van der Waals surface area contributed by atoms with Crippen LogP contribution in [0.5, 0.6) is 5.75 Å². The number of hydrogen-bond acceptors (Lipinski definition) is 4. The Kier molecular flexibility index (Phi) is 5.15. The summed E-state index contributed by atoms with van der Waals surface area (Å²) in [6.07, 6.45) is 0. The first-order chi connectivity index (χ1) is 7.79. The van der Waals surface area contributed by atoms with E-state index in [2.05, 4.69) is 5.16 Å². The van der Waals surface area contributed by atoms with Gasteiger partial charge in [-0.05, 0) is 19.1 Å². The number of nitrogens with zero attached hydrogens (tertiary/aromatic N) is 1. The molecule has 1 rings (SSSR count). The molecule has 0 bridgehead atoms. The highest BCUT2D eigenvalue weighted by atomic mass is 16.5. The summed E-state index contributed by atoms with van der Waals surface area (Å²) < 4.78 is 10.6. The maximum absolute atomic E-state index is 8.61. The van der Waals surface area contributed by atoms with Gasteiger partial charge in [-0.25, -0.2) is 0 Å². The average molecular weight is 224 g/mol. The molecule has 0 unspecified atom stereocenters. The Morgan fingerprint density at radius 2 is 2.12 bits per heavy atom. The van der Waals surface area contributed by atoms with Gasteiger partial charge in [0.15, 0.2) is 5.84 Å². The number of para-hydroxylation sites is 1. The SMILES string of the molecule is CCOCCOc1ccccc1C(N)=NO. The minimum atomic E-state index is 0.0343. The molecule has 0 atom stereocenters. The molecule has 1 aromatic rings. The summed E-state index contributed by atoms with van der Waals surface area (Å²) >= 11 is 0. The molecule has 3 N–H and O–H groups in total. The van der Waals surface area contributed by atoms with E-state index in [1.54, 1.807) is 18.2 Å². The first-order valence-electron chi connectivity index (χ1n) is 5.07. The Labute approximate surface area is 94.5 Å². The Balaban J connectivity index is 2.64. The van der Waals surface area contributed by atoms with Crippen molar-refractivity contribution in [1.82, 2.24) is 0 Å². The van der Waals surface area contributed by atoms with E-state index < -0.39 is 0 Å². The van der Waals surface area contributed by atoms with Crippen molar-refractivity contribution in [1.29, 1.82) is 0 Å². The second kappa shape index (κ2) is 6.68. The predicted molar refractivity (Wildman–Crippen MR) is 60.9 cm³/mol. The van der Waals surface area contributed by atoms with Gasteiger partial charge >= 0.3 is 0 Å². The van der Waals surface area contributed by atoms with Crippen molar-refractivity contribution in [3.8, 4) is 5.75 Å². The quantitative estimate of drug-likeness (QED) is 0.250. The van der Waals surface area contributed by atoms with Gasteiger partial charge in [0.2, 0.25) is 0 Å². The van der Waals surface area contributed by atoms with Crippen LogP contribution in [0.2, 0.25) is 0 Å². The number of benzene rings is 1. The van der Waals surface area contributed by atoms with Crippen LogP contribution in [-0.2, 0) is 4.74 Å². The Hall–Kier alpha value is -1.75. The normalized spacial score (nSPS) is 11.4. The smallest absolute Gasteiger partial charge is 0.173 e. The molecule has 0 radical (unpaired) electrons. The predicted octanol–water partition coefficient (Wildman–Crippen LogP) is 1.20. The lowest BCUT2D eigenvalue weighted by atomic mass is 10.2. The molecule has 1 aromatic carbocycles. The van der Waals surface area contributed by atoms with Crippen molar-refractivity contribution >= 4 is 5.84 Å². The number of oxime groups is 1. The van der Waals surface area contributed by atoms with Gasteiger partial charge in [0.25, 0.3) is 0 Å². The van der Waals surface area contributed by atoms with Crippen LogP contribution in [0.3, 0.4) is 0 Å². The van der Waals surface area contributed by atoms with E-state index in [-0.39, 0.29) is 5.84 Å². The molecule has 0 aliphatic rings. The van der Waals surface area contributed by atoms with Crippen LogP contribution in [-0.4, -0.2) is 30.9 Å². The van der Waals surface area contributed by atoms with Crippen LogP contribution in [0.1, 0.15) is 12.5 Å². The zero-order valence-corrected chi connectivity index (χ0v) is 9.22. The Morgan fingerprint density at radius 1 is 1.38 bits per heavy atom. The summed E-state index contributed by atoms with van der Waals surface area (Å²) in [5.41, 5.74) is 6.09. The first-order valence-corrected chi connectivity index (χ1v) is 5.07. The van der Waals surface area contributed by atoms with Gasteiger partial charge in [-0.1, -0.05) is 17.3 Å². The number of nitrogens with two attached hydrogens (primary N) is 1. The van der Waals surface area contributed by atoms with E-state index >= 15 is 0 Å². The van der Waals surface area contributed by atoms with Crippen molar-refractivity contribution in [2.24, 2.45) is 10.9 Å². The third-order valence-electron chi connectivity index (χ3n) is 1.96. The summed E-state index contributed by atoms with van der Waals surface area (Å²) in [6.45, 7) is 3.53. The van der Waals surface area contributed by atoms with E-state index in [1.807, 2.05) is 13.0 Å². The molecule has 0 amide bonds. The van der Waals surface area contributed by atoms with Crippen LogP contribution >= 0.6 is 0 Å². The van der Waals surface area contributed by atoms with Gasteiger partial charge in [0, 0.05) is 6.61 Å². The molecule has 16 heavy (non-hydrogen) atoms. The molecule has 0 aromatic heterocycles. The van der Waals surface area contributed by atoms with E-state index in [1.165, 1.54) is 0 Å². The second-order valence-corrected chi connectivity index (χ2v) is 3.03. The molecule has 0 saturated carbocycles. The van der Waals surface area contributed by atoms with E-state index in [0.29, 0.717) is 31.1 Å². The molecule has 0 heterocycles. The summed E-state index contributed by atoms with van der Waals surface area (Å²) in [7, 11) is 0. The standard InChI is InChI=1S/C11H16N2O3/c1-2-15-7-8-16-10-6-4-3-5-9(10)11(12)13-14/h3-6,14H,2,7-8H2,1H3,(H2,12,13). The fourth-order valence-corrected chi connectivity index (χ4v) is 1.21. The zero-order valence-electron chi connectivity index (χ0n) is 9.22. The molecular weight excluding hydrogens is 208 g/mol. The summed E-state index contributed by atoms with van der Waals surface area (Å²) in [5.74, 6) is 0.615. The highest BCUT2D eigenvalue weighted by molar-refractivity contribution is 5.99. The first kappa shape index (κ1) is 12.3. The van der Waals surface area contributed by atoms with Gasteiger partial charge in [0.05, 0.1) is 12.2 Å². The molecule has 5 nitrogen and oxygen atoms in total. The summed E-state index contributed by atoms with van der Waals surface area (Å²) in [4.78, 5) is 0. The van der Waals surface area contributed by atoms with Gasteiger partial charge in [-0.15, -0.1) is 0 Å². The van der Waals surface area contributed by atoms with Gasteiger partial charge < -0.3 is 20.4 Å². The summed E-state index contributed by atoms with van der Waals surface area (Å²) in [5, 5.41) is 11.6. The number of hydrogen-bond donors (Lipinski definition) is 2. The van der Waals surface area contributed by atoms with Crippen LogP contribution in [0.25, 0.3) is 0 Å². The molecule has 0 aliphatic carbocycles. The third kappa shape index (κ3) is 3.43. The maximum atomic E-state index is 8.61.